The van der Waals surface area contributed by atoms with Crippen molar-refractivity contribution in [1.29, 1.82) is 0 Å². The summed E-state index contributed by atoms with van der Waals surface area (Å²) in [5, 5.41) is 0. The molecule has 0 saturated carbocycles. The molecule has 0 spiro atoms. The Morgan fingerprint density at radius 1 is 1.09 bits per heavy atom. The van der Waals surface area contributed by atoms with Gasteiger partial charge in [0.1, 0.15) is 0 Å². The standard InChI is InChI=1S/C11H8/c1-2-4-10-8(3-1)5-6-9-7-11(9)10/h1-4,6-7H,5H2. The maximum atomic E-state index is 2.30. The average molecular weight is 140 g/mol. The molecule has 11 heavy (non-hydrogen) atoms. The molecule has 0 nitrogen and oxygen atoms in total. The highest BCUT2D eigenvalue weighted by atomic mass is 14.3. The molecule has 52 valence electrons. The molecule has 0 amide bonds. The Labute approximate surface area is 65.9 Å². The predicted octanol–water partition coefficient (Wildman–Crippen LogP) is 2.57. The van der Waals surface area contributed by atoms with Gasteiger partial charge in [0.15, 0.2) is 0 Å². The maximum absolute atomic E-state index is 2.30. The van der Waals surface area contributed by atoms with Crippen molar-refractivity contribution in [2.75, 3.05) is 0 Å². The zero-order chi connectivity index (χ0) is 7.26. The van der Waals surface area contributed by atoms with Crippen LogP contribution in [0.2, 0.25) is 0 Å². The Balaban J connectivity index is 2.28. The normalized spacial score (nSPS) is 17.8. The van der Waals surface area contributed by atoms with Crippen LogP contribution in [0.3, 0.4) is 0 Å². The van der Waals surface area contributed by atoms with E-state index < -0.39 is 0 Å². The van der Waals surface area contributed by atoms with Gasteiger partial charge < -0.3 is 0 Å². The van der Waals surface area contributed by atoms with Crippen LogP contribution in [0.5, 0.6) is 0 Å². The van der Waals surface area contributed by atoms with Crippen LogP contribution in [0.25, 0.3) is 5.57 Å². The van der Waals surface area contributed by atoms with E-state index in [4.69, 9.17) is 0 Å². The zero-order valence-corrected chi connectivity index (χ0v) is 6.17. The predicted molar refractivity (Wildman–Crippen MR) is 46.2 cm³/mol. The first-order chi connectivity index (χ1) is 5.45. The summed E-state index contributed by atoms with van der Waals surface area (Å²) >= 11 is 0. The molecule has 0 saturated heterocycles. The summed E-state index contributed by atoms with van der Waals surface area (Å²) in [6.45, 7) is 0. The van der Waals surface area contributed by atoms with Crippen LogP contribution >= 0.6 is 0 Å². The van der Waals surface area contributed by atoms with E-state index in [1.54, 1.807) is 0 Å². The van der Waals surface area contributed by atoms with Crippen LogP contribution in [0.15, 0.2) is 42.0 Å². The Hall–Kier alpha value is -1.30. The van der Waals surface area contributed by atoms with Gasteiger partial charge in [0, 0.05) is 0 Å². The Morgan fingerprint density at radius 3 is 3.00 bits per heavy atom. The van der Waals surface area contributed by atoms with Crippen LogP contribution in [-0.4, -0.2) is 0 Å². The molecule has 1 aromatic rings. The highest BCUT2D eigenvalue weighted by Crippen LogP contribution is 2.42. The lowest BCUT2D eigenvalue weighted by Gasteiger charge is -2.07. The van der Waals surface area contributed by atoms with Crippen LogP contribution < -0.4 is 0 Å². The van der Waals surface area contributed by atoms with Gasteiger partial charge in [0.2, 0.25) is 0 Å². The molecule has 2 aliphatic carbocycles. The minimum Gasteiger partial charge on any atom is -0.0722 e. The van der Waals surface area contributed by atoms with E-state index in [9.17, 15) is 0 Å². The van der Waals surface area contributed by atoms with Crippen molar-refractivity contribution in [3.63, 3.8) is 0 Å². The molecule has 3 rings (SSSR count). The van der Waals surface area contributed by atoms with Crippen molar-refractivity contribution in [1.82, 2.24) is 0 Å². The summed E-state index contributed by atoms with van der Waals surface area (Å²) in [5.74, 6) is 0. The lowest BCUT2D eigenvalue weighted by atomic mass is 9.97. The minimum absolute atomic E-state index is 1.12. The highest BCUT2D eigenvalue weighted by Gasteiger charge is 2.23. The molecule has 0 unspecified atom stereocenters. The molecule has 0 fully saturated rings. The quantitative estimate of drug-likeness (QED) is 0.519. The van der Waals surface area contributed by atoms with Gasteiger partial charge in [-0.05, 0) is 34.8 Å². The van der Waals surface area contributed by atoms with E-state index in [0.29, 0.717) is 0 Å². The van der Waals surface area contributed by atoms with Crippen molar-refractivity contribution in [3.05, 3.63) is 53.1 Å². The van der Waals surface area contributed by atoms with Crippen LogP contribution in [-0.2, 0) is 6.42 Å². The lowest BCUT2D eigenvalue weighted by molar-refractivity contribution is 1.23. The Kier molecular flexibility index (Phi) is 0.803. The molecular formula is C11H8. The van der Waals surface area contributed by atoms with E-state index in [-0.39, 0.29) is 0 Å². The van der Waals surface area contributed by atoms with Crippen molar-refractivity contribution < 1.29 is 0 Å². The summed E-state index contributed by atoms with van der Waals surface area (Å²) in [7, 11) is 0. The molecule has 0 aliphatic heterocycles. The van der Waals surface area contributed by atoms with Crippen molar-refractivity contribution >= 4 is 5.57 Å². The Morgan fingerprint density at radius 2 is 2.00 bits per heavy atom. The third-order valence-corrected chi connectivity index (χ3v) is 2.38. The number of hydrogen-bond acceptors (Lipinski definition) is 0. The first-order valence-electron chi connectivity index (χ1n) is 3.96. The SMILES string of the molecule is C1=C2C=C2c2ccccc2C1. The lowest BCUT2D eigenvalue weighted by Crippen LogP contribution is -1.91. The van der Waals surface area contributed by atoms with Crippen molar-refractivity contribution in [3.8, 4) is 0 Å². The van der Waals surface area contributed by atoms with Crippen LogP contribution in [0.1, 0.15) is 11.1 Å². The van der Waals surface area contributed by atoms with Gasteiger partial charge in [-0.2, -0.15) is 0 Å². The summed E-state index contributed by atoms with van der Waals surface area (Å²) in [6, 6.07) is 8.64. The fourth-order valence-corrected chi connectivity index (χ4v) is 1.70. The molecule has 0 heterocycles. The summed E-state index contributed by atoms with van der Waals surface area (Å²) in [6.07, 6.45) is 5.68. The smallest absolute Gasteiger partial charge is 0.00821 e. The Bertz CT molecular complexity index is 381. The second-order valence-electron chi connectivity index (χ2n) is 3.08. The number of rotatable bonds is 0. The first-order valence-corrected chi connectivity index (χ1v) is 3.96. The van der Waals surface area contributed by atoms with Crippen molar-refractivity contribution in [2.24, 2.45) is 0 Å². The van der Waals surface area contributed by atoms with E-state index in [1.807, 2.05) is 0 Å². The largest absolute Gasteiger partial charge is 0.0722 e. The van der Waals surface area contributed by atoms with Gasteiger partial charge in [-0.3, -0.25) is 0 Å². The number of hydrogen-bond donors (Lipinski definition) is 0. The number of fused-ring (bicyclic) bond motifs is 3. The van der Waals surface area contributed by atoms with E-state index >= 15 is 0 Å². The third kappa shape index (κ3) is 0.640. The molecule has 0 bridgehead atoms. The second-order valence-corrected chi connectivity index (χ2v) is 3.08. The minimum atomic E-state index is 1.12. The molecular weight excluding hydrogens is 132 g/mol. The molecule has 0 atom stereocenters. The van der Waals surface area contributed by atoms with Gasteiger partial charge in [0.25, 0.3) is 0 Å². The van der Waals surface area contributed by atoms with E-state index in [0.717, 1.165) is 6.42 Å². The number of benzene rings is 1. The fraction of sp³-hybridized carbons (Fsp3) is 0.0909. The van der Waals surface area contributed by atoms with E-state index in [1.165, 1.54) is 22.3 Å². The summed E-state index contributed by atoms with van der Waals surface area (Å²) in [5.41, 5.74) is 5.85. The van der Waals surface area contributed by atoms with Crippen LogP contribution in [0, 0.1) is 0 Å². The monoisotopic (exact) mass is 140 g/mol. The second kappa shape index (κ2) is 1.65. The van der Waals surface area contributed by atoms with Gasteiger partial charge >= 0.3 is 0 Å². The third-order valence-electron chi connectivity index (χ3n) is 2.38. The van der Waals surface area contributed by atoms with Crippen LogP contribution in [0.4, 0.5) is 0 Å². The molecule has 1 aromatic carbocycles. The molecule has 2 aliphatic rings. The number of allylic oxidation sites excluding steroid dienone is 4. The average Bonchev–Trinajstić information content (AvgIpc) is 2.83. The summed E-state index contributed by atoms with van der Waals surface area (Å²) < 4.78 is 0. The first kappa shape index (κ1) is 5.36. The van der Waals surface area contributed by atoms with Gasteiger partial charge in [-0.15, -0.1) is 0 Å². The topological polar surface area (TPSA) is 0 Å². The molecule has 0 N–H and O–H groups in total. The molecule has 0 aromatic heterocycles. The van der Waals surface area contributed by atoms with E-state index in [2.05, 4.69) is 36.4 Å². The van der Waals surface area contributed by atoms with Gasteiger partial charge in [0.05, 0.1) is 0 Å². The molecule has 0 radical (unpaired) electrons. The molecule has 0 heteroatoms. The zero-order valence-electron chi connectivity index (χ0n) is 6.17. The summed E-state index contributed by atoms with van der Waals surface area (Å²) in [4.78, 5) is 0. The highest BCUT2D eigenvalue weighted by molar-refractivity contribution is 5.99. The fourth-order valence-electron chi connectivity index (χ4n) is 1.70. The maximum Gasteiger partial charge on any atom is -0.00821 e. The van der Waals surface area contributed by atoms with Crippen molar-refractivity contribution in [2.45, 2.75) is 6.42 Å². The van der Waals surface area contributed by atoms with Gasteiger partial charge in [-0.25, -0.2) is 0 Å². The van der Waals surface area contributed by atoms with Gasteiger partial charge in [-0.1, -0.05) is 30.3 Å².